The van der Waals surface area contributed by atoms with Crippen molar-refractivity contribution in [2.45, 2.75) is 13.8 Å². The molecule has 26 heavy (non-hydrogen) atoms. The molecule has 2 amide bonds. The molecule has 0 fully saturated rings. The Bertz CT molecular complexity index is 852. The number of phenolic OH excluding ortho intramolecular Hbond substituents is 1. The van der Waals surface area contributed by atoms with Crippen molar-refractivity contribution in [2.24, 2.45) is 5.10 Å². The fourth-order valence-electron chi connectivity index (χ4n) is 2.01. The summed E-state index contributed by atoms with van der Waals surface area (Å²) >= 11 is 5.87. The molecular formula is C18H18ClN3O4. The smallest absolute Gasteiger partial charge is 0.329 e. The molecule has 7 nitrogen and oxygen atoms in total. The predicted octanol–water partition coefficient (Wildman–Crippen LogP) is 2.84. The zero-order valence-electron chi connectivity index (χ0n) is 14.2. The van der Waals surface area contributed by atoms with Crippen LogP contribution in [-0.2, 0) is 9.59 Å². The first-order valence-corrected chi connectivity index (χ1v) is 8.15. The summed E-state index contributed by atoms with van der Waals surface area (Å²) < 4.78 is 5.26. The number of carbonyl (C=O) groups excluding carboxylic acids is 2. The van der Waals surface area contributed by atoms with Gasteiger partial charge in [-0.3, -0.25) is 9.59 Å². The maximum Gasteiger partial charge on any atom is 0.329 e. The lowest BCUT2D eigenvalue weighted by Crippen LogP contribution is -2.32. The molecule has 2 aromatic carbocycles. The molecule has 0 radical (unpaired) electrons. The van der Waals surface area contributed by atoms with Gasteiger partial charge in [0, 0.05) is 10.7 Å². The van der Waals surface area contributed by atoms with Crippen molar-refractivity contribution < 1.29 is 19.4 Å². The van der Waals surface area contributed by atoms with Gasteiger partial charge < -0.3 is 15.2 Å². The van der Waals surface area contributed by atoms with Crippen molar-refractivity contribution in [2.75, 3.05) is 11.9 Å². The summed E-state index contributed by atoms with van der Waals surface area (Å²) in [5.74, 6) is -1.49. The second-order valence-corrected chi connectivity index (χ2v) is 5.71. The zero-order chi connectivity index (χ0) is 19.1. The molecule has 0 aliphatic rings. The highest BCUT2D eigenvalue weighted by Gasteiger charge is 2.14. The van der Waals surface area contributed by atoms with E-state index in [1.54, 1.807) is 44.2 Å². The third-order valence-corrected chi connectivity index (χ3v) is 3.55. The van der Waals surface area contributed by atoms with Gasteiger partial charge in [-0.15, -0.1) is 0 Å². The second kappa shape index (κ2) is 8.87. The number of hydrazone groups is 1. The molecule has 0 saturated carbocycles. The number of nitrogens with one attached hydrogen (secondary N) is 2. The van der Waals surface area contributed by atoms with E-state index in [4.69, 9.17) is 16.3 Å². The number of carbonyl (C=O) groups is 2. The molecule has 0 unspecified atom stereocenters. The van der Waals surface area contributed by atoms with E-state index >= 15 is 0 Å². The van der Waals surface area contributed by atoms with E-state index in [9.17, 15) is 14.7 Å². The Morgan fingerprint density at radius 3 is 2.73 bits per heavy atom. The van der Waals surface area contributed by atoms with Crippen LogP contribution in [0.2, 0.25) is 5.02 Å². The molecule has 0 spiro atoms. The summed E-state index contributed by atoms with van der Waals surface area (Å²) in [4.78, 5) is 23.7. The SMILES string of the molecule is CCOc1cc(/C=N\NC(=O)C(=O)Nc2cc(Cl)ccc2C)ccc1O. The highest BCUT2D eigenvalue weighted by molar-refractivity contribution is 6.40. The second-order valence-electron chi connectivity index (χ2n) is 5.27. The van der Waals surface area contributed by atoms with Crippen molar-refractivity contribution in [1.29, 1.82) is 0 Å². The molecular weight excluding hydrogens is 358 g/mol. The van der Waals surface area contributed by atoms with Crippen LogP contribution in [0.4, 0.5) is 5.69 Å². The Hall–Kier alpha value is -3.06. The third-order valence-electron chi connectivity index (χ3n) is 3.32. The van der Waals surface area contributed by atoms with Gasteiger partial charge in [0.25, 0.3) is 0 Å². The highest BCUT2D eigenvalue weighted by atomic mass is 35.5. The fraction of sp³-hybridized carbons (Fsp3) is 0.167. The van der Waals surface area contributed by atoms with Gasteiger partial charge in [-0.05, 0) is 55.3 Å². The summed E-state index contributed by atoms with van der Waals surface area (Å²) in [6.45, 7) is 3.97. The van der Waals surface area contributed by atoms with E-state index in [2.05, 4.69) is 15.8 Å². The van der Waals surface area contributed by atoms with Gasteiger partial charge in [0.15, 0.2) is 11.5 Å². The third kappa shape index (κ3) is 5.22. The minimum atomic E-state index is -0.926. The molecule has 0 aliphatic heterocycles. The summed E-state index contributed by atoms with van der Waals surface area (Å²) in [5, 5.41) is 16.3. The molecule has 2 aromatic rings. The molecule has 0 saturated heterocycles. The predicted molar refractivity (Wildman–Crippen MR) is 99.8 cm³/mol. The monoisotopic (exact) mass is 375 g/mol. The Balaban J connectivity index is 1.97. The number of anilines is 1. The molecule has 8 heteroatoms. The normalized spacial score (nSPS) is 10.6. The first kappa shape index (κ1) is 19.3. The Morgan fingerprint density at radius 1 is 1.23 bits per heavy atom. The maximum absolute atomic E-state index is 11.9. The number of halogens is 1. The van der Waals surface area contributed by atoms with Crippen LogP contribution in [0.25, 0.3) is 0 Å². The van der Waals surface area contributed by atoms with Crippen LogP contribution in [0, 0.1) is 6.92 Å². The van der Waals surface area contributed by atoms with Crippen molar-refractivity contribution in [3.05, 3.63) is 52.5 Å². The van der Waals surface area contributed by atoms with Crippen LogP contribution >= 0.6 is 11.6 Å². The van der Waals surface area contributed by atoms with Crippen molar-refractivity contribution >= 4 is 35.3 Å². The van der Waals surface area contributed by atoms with E-state index in [1.807, 2.05) is 0 Å². The van der Waals surface area contributed by atoms with E-state index in [-0.39, 0.29) is 5.75 Å². The Kier molecular flexibility index (Phi) is 6.57. The number of aromatic hydroxyl groups is 1. The number of amides is 2. The van der Waals surface area contributed by atoms with E-state index in [1.165, 1.54) is 12.3 Å². The van der Waals surface area contributed by atoms with E-state index in [0.29, 0.717) is 28.6 Å². The van der Waals surface area contributed by atoms with Crippen LogP contribution in [-0.4, -0.2) is 29.7 Å². The number of benzene rings is 2. The van der Waals surface area contributed by atoms with Crippen molar-refractivity contribution in [1.82, 2.24) is 5.43 Å². The number of rotatable bonds is 5. The topological polar surface area (TPSA) is 100 Å². The van der Waals surface area contributed by atoms with Crippen LogP contribution < -0.4 is 15.5 Å². The minimum absolute atomic E-state index is 0.00399. The molecule has 0 aromatic heterocycles. The number of hydrogen-bond acceptors (Lipinski definition) is 5. The van der Waals surface area contributed by atoms with Crippen LogP contribution in [0.1, 0.15) is 18.1 Å². The number of ether oxygens (including phenoxy) is 1. The highest BCUT2D eigenvalue weighted by Crippen LogP contribution is 2.26. The number of phenols is 1. The standard InChI is InChI=1S/C18H18ClN3O4/c1-3-26-16-8-12(5-7-15(16)23)10-20-22-18(25)17(24)21-14-9-13(19)6-4-11(14)2/h4-10,23H,3H2,1-2H3,(H,21,24)(H,22,25)/b20-10-. The van der Waals surface area contributed by atoms with Gasteiger partial charge in [-0.2, -0.15) is 5.10 Å². The lowest BCUT2D eigenvalue weighted by Gasteiger charge is -2.08. The Morgan fingerprint density at radius 2 is 2.00 bits per heavy atom. The molecule has 3 N–H and O–H groups in total. The molecule has 0 aliphatic carbocycles. The van der Waals surface area contributed by atoms with Crippen LogP contribution in [0.3, 0.4) is 0 Å². The molecule has 0 atom stereocenters. The number of aryl methyl sites for hydroxylation is 1. The van der Waals surface area contributed by atoms with Crippen LogP contribution in [0.15, 0.2) is 41.5 Å². The summed E-state index contributed by atoms with van der Waals surface area (Å²) in [7, 11) is 0. The average Bonchev–Trinajstić information content (AvgIpc) is 2.61. The zero-order valence-corrected chi connectivity index (χ0v) is 15.0. The van der Waals surface area contributed by atoms with Gasteiger partial charge >= 0.3 is 11.8 Å². The number of hydrogen-bond donors (Lipinski definition) is 3. The molecule has 0 bridgehead atoms. The van der Waals surface area contributed by atoms with Gasteiger partial charge in [-0.1, -0.05) is 17.7 Å². The minimum Gasteiger partial charge on any atom is -0.504 e. The van der Waals surface area contributed by atoms with Crippen molar-refractivity contribution in [3.8, 4) is 11.5 Å². The summed E-state index contributed by atoms with van der Waals surface area (Å²) in [6, 6.07) is 9.56. The van der Waals surface area contributed by atoms with E-state index in [0.717, 1.165) is 5.56 Å². The van der Waals surface area contributed by atoms with Gasteiger partial charge in [0.05, 0.1) is 12.8 Å². The number of nitrogens with zero attached hydrogens (tertiary/aromatic N) is 1. The molecule has 2 rings (SSSR count). The van der Waals surface area contributed by atoms with Crippen molar-refractivity contribution in [3.63, 3.8) is 0 Å². The van der Waals surface area contributed by atoms with Crippen LogP contribution in [0.5, 0.6) is 11.5 Å². The summed E-state index contributed by atoms with van der Waals surface area (Å²) in [5.41, 5.74) is 3.93. The molecule has 136 valence electrons. The summed E-state index contributed by atoms with van der Waals surface area (Å²) in [6.07, 6.45) is 1.33. The van der Waals surface area contributed by atoms with Gasteiger partial charge in [-0.25, -0.2) is 5.43 Å². The lowest BCUT2D eigenvalue weighted by atomic mass is 10.2. The first-order chi connectivity index (χ1) is 12.4. The largest absolute Gasteiger partial charge is 0.504 e. The Labute approximate surface area is 155 Å². The quantitative estimate of drug-likeness (QED) is 0.425. The van der Waals surface area contributed by atoms with E-state index < -0.39 is 11.8 Å². The van der Waals surface area contributed by atoms with Gasteiger partial charge in [0.2, 0.25) is 0 Å². The fourth-order valence-corrected chi connectivity index (χ4v) is 2.18. The lowest BCUT2D eigenvalue weighted by molar-refractivity contribution is -0.136. The maximum atomic E-state index is 11.9. The average molecular weight is 376 g/mol. The molecule has 0 heterocycles. The van der Waals surface area contributed by atoms with Gasteiger partial charge in [0.1, 0.15) is 0 Å². The first-order valence-electron chi connectivity index (χ1n) is 7.77.